The van der Waals surface area contributed by atoms with E-state index in [0.717, 1.165) is 49.4 Å². The van der Waals surface area contributed by atoms with Gasteiger partial charge in [-0.1, -0.05) is 13.0 Å². The lowest BCUT2D eigenvalue weighted by atomic mass is 10.0. The molecule has 0 radical (unpaired) electrons. The van der Waals surface area contributed by atoms with Crippen molar-refractivity contribution in [2.24, 2.45) is 0 Å². The van der Waals surface area contributed by atoms with Gasteiger partial charge in [-0.05, 0) is 62.9 Å². The third kappa shape index (κ3) is 5.34. The van der Waals surface area contributed by atoms with Gasteiger partial charge in [0.05, 0.1) is 0 Å². The summed E-state index contributed by atoms with van der Waals surface area (Å²) >= 11 is 0. The maximum atomic E-state index is 12.0. The molecule has 1 aliphatic heterocycles. The molecule has 4 nitrogen and oxygen atoms in total. The quantitative estimate of drug-likeness (QED) is 0.878. The maximum absolute atomic E-state index is 12.0. The van der Waals surface area contributed by atoms with Crippen LogP contribution in [0.5, 0.6) is 5.75 Å². The Bertz CT molecular complexity index is 474. The van der Waals surface area contributed by atoms with E-state index in [9.17, 15) is 4.79 Å². The van der Waals surface area contributed by atoms with E-state index in [-0.39, 0.29) is 12.5 Å². The van der Waals surface area contributed by atoms with Crippen molar-refractivity contribution in [3.63, 3.8) is 0 Å². The Morgan fingerprint density at radius 3 is 2.45 bits per heavy atom. The van der Waals surface area contributed by atoms with Crippen molar-refractivity contribution in [2.45, 2.75) is 46.1 Å². The minimum Gasteiger partial charge on any atom is -0.484 e. The fourth-order valence-corrected chi connectivity index (χ4v) is 3.05. The Balaban J connectivity index is 1.72. The number of benzene rings is 1. The molecule has 0 bridgehead atoms. The molecule has 0 atom stereocenters. The van der Waals surface area contributed by atoms with Gasteiger partial charge < -0.3 is 15.0 Å². The van der Waals surface area contributed by atoms with Crippen molar-refractivity contribution >= 4 is 5.91 Å². The van der Waals surface area contributed by atoms with E-state index in [1.165, 1.54) is 6.42 Å². The van der Waals surface area contributed by atoms with Crippen LogP contribution in [0.3, 0.4) is 0 Å². The number of hydrogen-bond donors (Lipinski definition) is 1. The molecule has 1 heterocycles. The summed E-state index contributed by atoms with van der Waals surface area (Å²) in [5.74, 6) is 0.749. The molecule has 1 aromatic rings. The van der Waals surface area contributed by atoms with E-state index in [4.69, 9.17) is 4.74 Å². The van der Waals surface area contributed by atoms with E-state index in [0.29, 0.717) is 6.04 Å². The first-order valence-corrected chi connectivity index (χ1v) is 8.29. The molecule has 1 aromatic carbocycles. The number of carbonyl (C=O) groups excluding carboxylic acids is 1. The third-order valence-electron chi connectivity index (χ3n) is 4.06. The SMILES string of the molecule is CCCN1CCC(NC(=O)COc2cc(C)cc(C)c2)CC1. The summed E-state index contributed by atoms with van der Waals surface area (Å²) in [5, 5.41) is 3.09. The van der Waals surface area contributed by atoms with Crippen molar-refractivity contribution < 1.29 is 9.53 Å². The van der Waals surface area contributed by atoms with Crippen LogP contribution in [0.4, 0.5) is 0 Å². The average Bonchev–Trinajstić information content (AvgIpc) is 2.47. The molecular formula is C18H28N2O2. The van der Waals surface area contributed by atoms with Gasteiger partial charge in [0.15, 0.2) is 6.61 Å². The minimum atomic E-state index is -0.0203. The van der Waals surface area contributed by atoms with Crippen molar-refractivity contribution in [3.8, 4) is 5.75 Å². The summed E-state index contributed by atoms with van der Waals surface area (Å²) in [6, 6.07) is 6.31. The number of ether oxygens (including phenoxy) is 1. The summed E-state index contributed by atoms with van der Waals surface area (Å²) < 4.78 is 5.61. The monoisotopic (exact) mass is 304 g/mol. The number of nitrogens with zero attached hydrogens (tertiary/aromatic N) is 1. The minimum absolute atomic E-state index is 0.0203. The number of piperidine rings is 1. The van der Waals surface area contributed by atoms with E-state index in [2.05, 4.69) is 23.2 Å². The van der Waals surface area contributed by atoms with Gasteiger partial charge in [-0.2, -0.15) is 0 Å². The number of hydrogen-bond acceptors (Lipinski definition) is 3. The standard InChI is InChI=1S/C18H28N2O2/c1-4-7-20-8-5-16(6-9-20)19-18(21)13-22-17-11-14(2)10-15(3)12-17/h10-12,16H,4-9,13H2,1-3H3,(H,19,21). The molecule has 1 N–H and O–H groups in total. The molecule has 0 saturated carbocycles. The molecule has 1 saturated heterocycles. The van der Waals surface area contributed by atoms with Crippen molar-refractivity contribution in [2.75, 3.05) is 26.2 Å². The van der Waals surface area contributed by atoms with Gasteiger partial charge in [-0.25, -0.2) is 0 Å². The van der Waals surface area contributed by atoms with Crippen LogP contribution in [-0.2, 0) is 4.79 Å². The molecule has 0 aromatic heterocycles. The van der Waals surface area contributed by atoms with Crippen LogP contribution in [0.25, 0.3) is 0 Å². The van der Waals surface area contributed by atoms with Gasteiger partial charge in [-0.3, -0.25) is 4.79 Å². The Kier molecular flexibility index (Phi) is 6.25. The lowest BCUT2D eigenvalue weighted by Gasteiger charge is -2.32. The molecule has 22 heavy (non-hydrogen) atoms. The summed E-state index contributed by atoms with van der Waals surface area (Å²) in [4.78, 5) is 14.5. The Labute approximate surface area is 133 Å². The second kappa shape index (κ2) is 8.18. The molecule has 4 heteroatoms. The Hall–Kier alpha value is -1.55. The number of nitrogens with one attached hydrogen (secondary N) is 1. The molecule has 1 amide bonds. The number of amides is 1. The highest BCUT2D eigenvalue weighted by Gasteiger charge is 2.20. The molecular weight excluding hydrogens is 276 g/mol. The third-order valence-corrected chi connectivity index (χ3v) is 4.06. The van der Waals surface area contributed by atoms with E-state index in [1.807, 2.05) is 26.0 Å². The second-order valence-electron chi connectivity index (χ2n) is 6.30. The van der Waals surface area contributed by atoms with Crippen LogP contribution >= 0.6 is 0 Å². The number of likely N-dealkylation sites (tertiary alicyclic amines) is 1. The van der Waals surface area contributed by atoms with Crippen LogP contribution in [0.1, 0.15) is 37.3 Å². The highest BCUT2D eigenvalue weighted by molar-refractivity contribution is 5.77. The zero-order chi connectivity index (χ0) is 15.9. The van der Waals surface area contributed by atoms with Crippen LogP contribution in [0, 0.1) is 13.8 Å². The van der Waals surface area contributed by atoms with Crippen LogP contribution < -0.4 is 10.1 Å². The highest BCUT2D eigenvalue weighted by Crippen LogP contribution is 2.16. The summed E-state index contributed by atoms with van der Waals surface area (Å²) in [5.41, 5.74) is 2.30. The highest BCUT2D eigenvalue weighted by atomic mass is 16.5. The Morgan fingerprint density at radius 1 is 1.23 bits per heavy atom. The van der Waals surface area contributed by atoms with Gasteiger partial charge in [-0.15, -0.1) is 0 Å². The molecule has 1 fully saturated rings. The predicted molar refractivity (Wildman–Crippen MR) is 89.3 cm³/mol. The first kappa shape index (κ1) is 16.8. The lowest BCUT2D eigenvalue weighted by molar-refractivity contribution is -0.124. The summed E-state index contributed by atoms with van der Waals surface area (Å²) in [7, 11) is 0. The van der Waals surface area contributed by atoms with E-state index in [1.54, 1.807) is 0 Å². The topological polar surface area (TPSA) is 41.6 Å². The molecule has 0 aliphatic carbocycles. The zero-order valence-electron chi connectivity index (χ0n) is 14.0. The lowest BCUT2D eigenvalue weighted by Crippen LogP contribution is -2.46. The molecule has 0 unspecified atom stereocenters. The normalized spacial score (nSPS) is 16.5. The number of rotatable bonds is 6. The van der Waals surface area contributed by atoms with Gasteiger partial charge in [0.2, 0.25) is 0 Å². The zero-order valence-corrected chi connectivity index (χ0v) is 14.0. The largest absolute Gasteiger partial charge is 0.484 e. The van der Waals surface area contributed by atoms with Crippen molar-refractivity contribution in [1.29, 1.82) is 0 Å². The summed E-state index contributed by atoms with van der Waals surface area (Å²) in [6.07, 6.45) is 3.27. The molecule has 122 valence electrons. The fraction of sp³-hybridized carbons (Fsp3) is 0.611. The first-order chi connectivity index (χ1) is 10.6. The smallest absolute Gasteiger partial charge is 0.258 e. The fourth-order valence-electron chi connectivity index (χ4n) is 3.05. The van der Waals surface area contributed by atoms with E-state index < -0.39 is 0 Å². The number of aryl methyl sites for hydroxylation is 2. The first-order valence-electron chi connectivity index (χ1n) is 8.29. The number of carbonyl (C=O) groups is 1. The van der Waals surface area contributed by atoms with Crippen molar-refractivity contribution in [3.05, 3.63) is 29.3 Å². The average molecular weight is 304 g/mol. The Morgan fingerprint density at radius 2 is 1.86 bits per heavy atom. The molecule has 0 spiro atoms. The van der Waals surface area contributed by atoms with Gasteiger partial charge in [0.1, 0.15) is 5.75 Å². The van der Waals surface area contributed by atoms with Gasteiger partial charge >= 0.3 is 0 Å². The van der Waals surface area contributed by atoms with Crippen LogP contribution in [0.15, 0.2) is 18.2 Å². The predicted octanol–water partition coefficient (Wildman–Crippen LogP) is 2.67. The van der Waals surface area contributed by atoms with Crippen LogP contribution in [0.2, 0.25) is 0 Å². The maximum Gasteiger partial charge on any atom is 0.258 e. The van der Waals surface area contributed by atoms with Crippen LogP contribution in [-0.4, -0.2) is 43.1 Å². The van der Waals surface area contributed by atoms with Crippen molar-refractivity contribution in [1.82, 2.24) is 10.2 Å². The second-order valence-corrected chi connectivity index (χ2v) is 6.30. The molecule has 2 rings (SSSR count). The molecule has 1 aliphatic rings. The van der Waals surface area contributed by atoms with Gasteiger partial charge in [0.25, 0.3) is 5.91 Å². The van der Waals surface area contributed by atoms with E-state index >= 15 is 0 Å². The summed E-state index contributed by atoms with van der Waals surface area (Å²) in [6.45, 7) is 9.69. The van der Waals surface area contributed by atoms with Gasteiger partial charge in [0, 0.05) is 19.1 Å².